The lowest BCUT2D eigenvalue weighted by Crippen LogP contribution is -2.49. The third kappa shape index (κ3) is 2.45. The summed E-state index contributed by atoms with van der Waals surface area (Å²) in [6.07, 6.45) is 0.107. The van der Waals surface area contributed by atoms with Crippen molar-refractivity contribution in [3.63, 3.8) is 0 Å². The van der Waals surface area contributed by atoms with Gasteiger partial charge in [0.2, 0.25) is 0 Å². The smallest absolute Gasteiger partial charge is 0.312 e. The van der Waals surface area contributed by atoms with Gasteiger partial charge in [0.1, 0.15) is 0 Å². The lowest BCUT2D eigenvalue weighted by molar-refractivity contribution is -0.153. The lowest BCUT2D eigenvalue weighted by Gasteiger charge is -2.36. The van der Waals surface area contributed by atoms with Crippen LogP contribution in [0.1, 0.15) is 20.3 Å². The van der Waals surface area contributed by atoms with Crippen LogP contribution in [0.25, 0.3) is 0 Å². The molecule has 0 bridgehead atoms. The molecule has 4 nitrogen and oxygen atoms in total. The normalized spacial score (nSPS) is 29.2. The van der Waals surface area contributed by atoms with Crippen LogP contribution < -0.4 is 0 Å². The topological polar surface area (TPSA) is 49.8 Å². The van der Waals surface area contributed by atoms with Crippen LogP contribution in [0.3, 0.4) is 0 Å². The maximum atomic E-state index is 11.3. The van der Waals surface area contributed by atoms with E-state index < -0.39 is 6.10 Å². The molecule has 14 heavy (non-hydrogen) atoms. The van der Waals surface area contributed by atoms with E-state index in [0.717, 1.165) is 6.54 Å². The summed E-state index contributed by atoms with van der Waals surface area (Å²) in [4.78, 5) is 13.5. The molecule has 0 saturated carbocycles. The molecule has 1 aliphatic heterocycles. The molecule has 0 radical (unpaired) electrons. The van der Waals surface area contributed by atoms with Gasteiger partial charge in [0.15, 0.2) is 0 Å². The lowest BCUT2D eigenvalue weighted by atomic mass is 9.94. The number of hydrogen-bond acceptors (Lipinski definition) is 4. The maximum absolute atomic E-state index is 11.3. The number of piperidine rings is 1. The minimum Gasteiger partial charge on any atom is -0.469 e. The largest absolute Gasteiger partial charge is 0.469 e. The molecule has 1 aliphatic rings. The fourth-order valence-electron chi connectivity index (χ4n) is 1.82. The average molecular weight is 201 g/mol. The molecule has 1 heterocycles. The Morgan fingerprint density at radius 2 is 2.21 bits per heavy atom. The Kier molecular flexibility index (Phi) is 3.89. The van der Waals surface area contributed by atoms with Gasteiger partial charge in [-0.05, 0) is 20.3 Å². The number of aliphatic hydroxyl groups excluding tert-OH is 1. The highest BCUT2D eigenvalue weighted by atomic mass is 16.5. The van der Waals surface area contributed by atoms with Crippen LogP contribution in [0.15, 0.2) is 0 Å². The number of carbonyl (C=O) groups is 1. The second kappa shape index (κ2) is 4.75. The number of carbonyl (C=O) groups excluding carboxylic acids is 1. The van der Waals surface area contributed by atoms with Crippen molar-refractivity contribution >= 4 is 5.97 Å². The summed E-state index contributed by atoms with van der Waals surface area (Å²) in [6, 6.07) is 0.412. The zero-order valence-corrected chi connectivity index (χ0v) is 9.06. The maximum Gasteiger partial charge on any atom is 0.312 e. The number of ether oxygens (including phenoxy) is 1. The van der Waals surface area contributed by atoms with Crippen molar-refractivity contribution in [2.24, 2.45) is 5.92 Å². The number of rotatable bonds is 2. The van der Waals surface area contributed by atoms with Crippen LogP contribution in [-0.2, 0) is 9.53 Å². The summed E-state index contributed by atoms with van der Waals surface area (Å²) in [5.74, 6) is -0.681. The van der Waals surface area contributed by atoms with Gasteiger partial charge in [-0.25, -0.2) is 0 Å². The van der Waals surface area contributed by atoms with Crippen molar-refractivity contribution in [3.8, 4) is 0 Å². The van der Waals surface area contributed by atoms with E-state index in [1.165, 1.54) is 7.11 Å². The van der Waals surface area contributed by atoms with Crippen LogP contribution >= 0.6 is 0 Å². The number of methoxy groups -OCH3 is 1. The summed E-state index contributed by atoms with van der Waals surface area (Å²) in [5, 5.41) is 9.64. The van der Waals surface area contributed by atoms with Crippen molar-refractivity contribution in [3.05, 3.63) is 0 Å². The van der Waals surface area contributed by atoms with Gasteiger partial charge in [-0.1, -0.05) is 0 Å². The van der Waals surface area contributed by atoms with E-state index in [-0.39, 0.29) is 11.9 Å². The highest BCUT2D eigenvalue weighted by Gasteiger charge is 2.34. The summed E-state index contributed by atoms with van der Waals surface area (Å²) in [5.41, 5.74) is 0. The Morgan fingerprint density at radius 3 is 2.71 bits per heavy atom. The average Bonchev–Trinajstić information content (AvgIpc) is 2.17. The van der Waals surface area contributed by atoms with E-state index in [9.17, 15) is 9.90 Å². The van der Waals surface area contributed by atoms with Gasteiger partial charge in [-0.3, -0.25) is 9.69 Å². The SMILES string of the molecule is COC(=O)[C@H]1CN(C(C)C)CC[C@H]1O. The predicted octanol–water partition coefficient (Wildman–Crippen LogP) is 0.251. The van der Waals surface area contributed by atoms with Crippen LogP contribution in [0.2, 0.25) is 0 Å². The van der Waals surface area contributed by atoms with E-state index in [1.807, 2.05) is 0 Å². The highest BCUT2D eigenvalue weighted by Crippen LogP contribution is 2.20. The Labute approximate surface area is 84.8 Å². The second-order valence-corrected chi connectivity index (χ2v) is 4.07. The molecule has 0 aromatic carbocycles. The highest BCUT2D eigenvalue weighted by molar-refractivity contribution is 5.73. The van der Waals surface area contributed by atoms with Gasteiger partial charge in [0.25, 0.3) is 0 Å². The van der Waals surface area contributed by atoms with Crippen LogP contribution in [0.4, 0.5) is 0 Å². The molecular formula is C10H19NO3. The zero-order chi connectivity index (χ0) is 10.7. The Balaban J connectivity index is 2.59. The Bertz CT molecular complexity index is 206. The van der Waals surface area contributed by atoms with Crippen molar-refractivity contribution < 1.29 is 14.6 Å². The molecule has 0 spiro atoms. The van der Waals surface area contributed by atoms with Crippen LogP contribution in [-0.4, -0.2) is 48.3 Å². The van der Waals surface area contributed by atoms with Crippen molar-refractivity contribution in [2.75, 3.05) is 20.2 Å². The first-order chi connectivity index (χ1) is 6.56. The second-order valence-electron chi connectivity index (χ2n) is 4.07. The summed E-state index contributed by atoms with van der Waals surface area (Å²) >= 11 is 0. The van der Waals surface area contributed by atoms with Crippen LogP contribution in [0, 0.1) is 5.92 Å². The minimum absolute atomic E-state index is 0.303. The molecule has 0 amide bonds. The molecule has 2 atom stereocenters. The van der Waals surface area contributed by atoms with Crippen molar-refractivity contribution in [2.45, 2.75) is 32.4 Å². The first kappa shape index (κ1) is 11.5. The van der Waals surface area contributed by atoms with Gasteiger partial charge in [0.05, 0.1) is 19.1 Å². The molecule has 0 aromatic heterocycles. The van der Waals surface area contributed by atoms with E-state index in [0.29, 0.717) is 19.0 Å². The van der Waals surface area contributed by atoms with E-state index in [2.05, 4.69) is 23.5 Å². The Morgan fingerprint density at radius 1 is 1.57 bits per heavy atom. The van der Waals surface area contributed by atoms with Gasteiger partial charge in [0, 0.05) is 19.1 Å². The number of hydrogen-bond donors (Lipinski definition) is 1. The predicted molar refractivity (Wildman–Crippen MR) is 52.8 cm³/mol. The molecule has 1 rings (SSSR count). The summed E-state index contributed by atoms with van der Waals surface area (Å²) < 4.78 is 4.66. The van der Waals surface area contributed by atoms with E-state index >= 15 is 0 Å². The first-order valence-electron chi connectivity index (χ1n) is 5.06. The number of nitrogens with zero attached hydrogens (tertiary/aromatic N) is 1. The third-order valence-electron chi connectivity index (χ3n) is 2.84. The molecule has 0 aromatic rings. The zero-order valence-electron chi connectivity index (χ0n) is 9.06. The number of aliphatic hydroxyl groups is 1. The molecule has 1 fully saturated rings. The Hall–Kier alpha value is -0.610. The van der Waals surface area contributed by atoms with Crippen molar-refractivity contribution in [1.29, 1.82) is 0 Å². The van der Waals surface area contributed by atoms with E-state index in [4.69, 9.17) is 0 Å². The molecular weight excluding hydrogens is 182 g/mol. The minimum atomic E-state index is -0.544. The van der Waals surface area contributed by atoms with Gasteiger partial charge in [-0.2, -0.15) is 0 Å². The molecule has 0 aliphatic carbocycles. The van der Waals surface area contributed by atoms with Crippen LogP contribution in [0.5, 0.6) is 0 Å². The quantitative estimate of drug-likeness (QED) is 0.651. The molecule has 82 valence electrons. The molecule has 1 N–H and O–H groups in total. The van der Waals surface area contributed by atoms with E-state index in [1.54, 1.807) is 0 Å². The third-order valence-corrected chi connectivity index (χ3v) is 2.84. The summed E-state index contributed by atoms with van der Waals surface area (Å²) in [6.45, 7) is 5.63. The molecule has 1 saturated heterocycles. The summed E-state index contributed by atoms with van der Waals surface area (Å²) in [7, 11) is 1.36. The number of likely N-dealkylation sites (tertiary alicyclic amines) is 1. The fraction of sp³-hybridized carbons (Fsp3) is 0.900. The van der Waals surface area contributed by atoms with Gasteiger partial charge in [-0.15, -0.1) is 0 Å². The fourth-order valence-corrected chi connectivity index (χ4v) is 1.82. The van der Waals surface area contributed by atoms with Gasteiger partial charge >= 0.3 is 5.97 Å². The molecule has 0 unspecified atom stereocenters. The van der Waals surface area contributed by atoms with Crippen molar-refractivity contribution in [1.82, 2.24) is 4.90 Å². The number of esters is 1. The first-order valence-corrected chi connectivity index (χ1v) is 5.06. The standard InChI is InChI=1S/C10H19NO3/c1-7(2)11-5-4-9(12)8(6-11)10(13)14-3/h7-9,12H,4-6H2,1-3H3/t8-,9+/m0/s1. The monoisotopic (exact) mass is 201 g/mol. The van der Waals surface area contributed by atoms with Gasteiger partial charge < -0.3 is 9.84 Å². The molecule has 4 heteroatoms.